The Morgan fingerprint density at radius 1 is 1.09 bits per heavy atom. The maximum absolute atomic E-state index is 13.9. The van der Waals surface area contributed by atoms with Crippen LogP contribution < -0.4 is 15.0 Å². The van der Waals surface area contributed by atoms with Gasteiger partial charge in [-0.1, -0.05) is 49.9 Å². The van der Waals surface area contributed by atoms with Crippen molar-refractivity contribution in [2.24, 2.45) is 4.99 Å². The van der Waals surface area contributed by atoms with E-state index in [1.54, 1.807) is 6.07 Å². The Balaban J connectivity index is 1.21. The lowest BCUT2D eigenvalue weighted by molar-refractivity contribution is -0.274. The number of nitrogens with one attached hydrogen (secondary N) is 1. The normalized spacial score (nSPS) is 14.8. The maximum Gasteiger partial charge on any atom is 0.573 e. The number of hydrogen-bond donors (Lipinski definition) is 1. The fourth-order valence-corrected chi connectivity index (χ4v) is 5.45. The quantitative estimate of drug-likeness (QED) is 0.221. The van der Waals surface area contributed by atoms with Gasteiger partial charge in [-0.3, -0.25) is 0 Å². The highest BCUT2D eigenvalue weighted by Crippen LogP contribution is 2.33. The number of nitrogens with zero attached hydrogens (tertiary/aromatic N) is 5. The van der Waals surface area contributed by atoms with Crippen LogP contribution in [-0.4, -0.2) is 44.6 Å². The minimum Gasteiger partial charge on any atom is -0.406 e. The summed E-state index contributed by atoms with van der Waals surface area (Å²) in [4.78, 5) is 23.4. The van der Waals surface area contributed by atoms with Crippen LogP contribution >= 0.6 is 11.8 Å². The average Bonchev–Trinajstić information content (AvgIpc) is 3.47. The Morgan fingerprint density at radius 2 is 1.84 bits per heavy atom. The number of aromatic nitrogens is 3. The number of carbonyl (C=O) groups excluding carboxylic acids is 1. The molecule has 4 aromatic rings. The molecular formula is C30H28F4N6O2S. The molecule has 2 amide bonds. The highest BCUT2D eigenvalue weighted by Gasteiger charge is 2.31. The first kappa shape index (κ1) is 30.1. The van der Waals surface area contributed by atoms with Gasteiger partial charge >= 0.3 is 12.4 Å². The largest absolute Gasteiger partial charge is 0.573 e. The van der Waals surface area contributed by atoms with Gasteiger partial charge in [0.1, 0.15) is 17.9 Å². The molecule has 224 valence electrons. The van der Waals surface area contributed by atoms with E-state index in [1.807, 2.05) is 43.0 Å². The molecule has 2 heterocycles. The number of benzene rings is 3. The van der Waals surface area contributed by atoms with Gasteiger partial charge in [-0.05, 0) is 65.9 Å². The number of ether oxygens (including phenoxy) is 1. The van der Waals surface area contributed by atoms with E-state index in [4.69, 9.17) is 0 Å². The lowest BCUT2D eigenvalue weighted by atomic mass is 10.00. The van der Waals surface area contributed by atoms with Crippen molar-refractivity contribution in [3.63, 3.8) is 0 Å². The molecule has 1 aromatic heterocycles. The van der Waals surface area contributed by atoms with Gasteiger partial charge in [0.2, 0.25) is 0 Å². The van der Waals surface area contributed by atoms with Crippen molar-refractivity contribution in [3.05, 3.63) is 90.0 Å². The molecule has 0 spiro atoms. The molecule has 1 N–H and O–H groups in total. The lowest BCUT2D eigenvalue weighted by Crippen LogP contribution is -2.36. The Hall–Kier alpha value is -4.39. The van der Waals surface area contributed by atoms with Crippen LogP contribution in [0.4, 0.5) is 28.0 Å². The molecule has 0 atom stereocenters. The molecule has 1 aliphatic heterocycles. The first-order chi connectivity index (χ1) is 20.6. The zero-order valence-corrected chi connectivity index (χ0v) is 24.1. The minimum atomic E-state index is -4.76. The monoisotopic (exact) mass is 612 g/mol. The van der Waals surface area contributed by atoms with Crippen molar-refractivity contribution in [2.45, 2.75) is 39.1 Å². The molecule has 0 bridgehead atoms. The van der Waals surface area contributed by atoms with Crippen LogP contribution in [0.2, 0.25) is 0 Å². The smallest absolute Gasteiger partial charge is 0.406 e. The molecule has 1 saturated heterocycles. The van der Waals surface area contributed by atoms with Crippen molar-refractivity contribution in [3.8, 4) is 22.8 Å². The number of amidine groups is 1. The van der Waals surface area contributed by atoms with Crippen LogP contribution in [-0.2, 0) is 6.54 Å². The molecule has 0 unspecified atom stereocenters. The van der Waals surface area contributed by atoms with E-state index in [0.29, 0.717) is 23.2 Å². The summed E-state index contributed by atoms with van der Waals surface area (Å²) in [6.45, 7) is 4.95. The van der Waals surface area contributed by atoms with Gasteiger partial charge in [-0.2, -0.15) is 4.99 Å². The van der Waals surface area contributed by atoms with Gasteiger partial charge in [0.05, 0.1) is 5.69 Å². The van der Waals surface area contributed by atoms with Crippen molar-refractivity contribution in [1.82, 2.24) is 20.1 Å². The molecule has 8 nitrogen and oxygen atoms in total. The summed E-state index contributed by atoms with van der Waals surface area (Å²) in [5.74, 6) is 0.746. The first-order valence-electron chi connectivity index (χ1n) is 13.5. The molecule has 0 aliphatic carbocycles. The number of anilines is 1. The van der Waals surface area contributed by atoms with E-state index in [9.17, 15) is 22.4 Å². The summed E-state index contributed by atoms with van der Waals surface area (Å²) in [6.07, 6.45) is -2.38. The van der Waals surface area contributed by atoms with E-state index in [2.05, 4.69) is 25.1 Å². The molecule has 43 heavy (non-hydrogen) atoms. The van der Waals surface area contributed by atoms with Crippen LogP contribution in [0, 0.1) is 5.82 Å². The van der Waals surface area contributed by atoms with Gasteiger partial charge < -0.3 is 15.0 Å². The SMILES string of the molecule is CC(C)c1cc(F)ccc1N1CCCS/C1=N\C(=O)NCc1ccc(-c2ncn(-c3ccc(OC(F)(F)F)cc3)n2)cc1. The second-order valence-corrected chi connectivity index (χ2v) is 11.1. The van der Waals surface area contributed by atoms with E-state index >= 15 is 0 Å². The number of rotatable bonds is 7. The van der Waals surface area contributed by atoms with Crippen LogP contribution in [0.15, 0.2) is 78.0 Å². The van der Waals surface area contributed by atoms with Crippen LogP contribution in [0.1, 0.15) is 37.3 Å². The Bertz CT molecular complexity index is 1600. The number of hydrogen-bond acceptors (Lipinski definition) is 5. The van der Waals surface area contributed by atoms with Crippen LogP contribution in [0.5, 0.6) is 5.75 Å². The highest BCUT2D eigenvalue weighted by molar-refractivity contribution is 8.14. The maximum atomic E-state index is 13.9. The van der Waals surface area contributed by atoms with E-state index in [0.717, 1.165) is 34.6 Å². The summed E-state index contributed by atoms with van der Waals surface area (Å²) in [5.41, 5.74) is 3.80. The summed E-state index contributed by atoms with van der Waals surface area (Å²) in [6, 6.07) is 16.8. The topological polar surface area (TPSA) is 84.6 Å². The summed E-state index contributed by atoms with van der Waals surface area (Å²) < 4.78 is 56.5. The molecule has 1 aliphatic rings. The third-order valence-electron chi connectivity index (χ3n) is 6.57. The van der Waals surface area contributed by atoms with Crippen molar-refractivity contribution in [2.75, 3.05) is 17.2 Å². The van der Waals surface area contributed by atoms with Gasteiger partial charge in [0.25, 0.3) is 0 Å². The van der Waals surface area contributed by atoms with Gasteiger partial charge in [-0.15, -0.1) is 18.3 Å². The number of aliphatic imine (C=N–C) groups is 1. The number of halogens is 4. The van der Waals surface area contributed by atoms with Crippen molar-refractivity contribution in [1.29, 1.82) is 0 Å². The van der Waals surface area contributed by atoms with E-state index in [1.165, 1.54) is 59.2 Å². The first-order valence-corrected chi connectivity index (χ1v) is 14.5. The van der Waals surface area contributed by atoms with E-state index < -0.39 is 12.4 Å². The predicted molar refractivity (Wildman–Crippen MR) is 158 cm³/mol. The van der Waals surface area contributed by atoms with Gasteiger partial charge in [0, 0.05) is 30.1 Å². The third kappa shape index (κ3) is 7.72. The van der Waals surface area contributed by atoms with Gasteiger partial charge in [0.15, 0.2) is 11.0 Å². The summed E-state index contributed by atoms with van der Waals surface area (Å²) >= 11 is 1.50. The van der Waals surface area contributed by atoms with Gasteiger partial charge in [-0.25, -0.2) is 18.9 Å². The fourth-order valence-electron chi connectivity index (χ4n) is 4.51. The Morgan fingerprint density at radius 3 is 2.53 bits per heavy atom. The number of amides is 2. The summed E-state index contributed by atoms with van der Waals surface area (Å²) in [7, 11) is 0. The minimum absolute atomic E-state index is 0.105. The average molecular weight is 613 g/mol. The molecule has 0 saturated carbocycles. The highest BCUT2D eigenvalue weighted by atomic mass is 32.2. The molecule has 5 rings (SSSR count). The lowest BCUT2D eigenvalue weighted by Gasteiger charge is -2.32. The zero-order valence-electron chi connectivity index (χ0n) is 23.3. The predicted octanol–water partition coefficient (Wildman–Crippen LogP) is 7.30. The molecule has 13 heteroatoms. The fraction of sp³-hybridized carbons (Fsp3) is 0.267. The van der Waals surface area contributed by atoms with Crippen molar-refractivity contribution >= 4 is 28.6 Å². The molecule has 3 aromatic carbocycles. The Kier molecular flexibility index (Phi) is 9.00. The number of urea groups is 1. The third-order valence-corrected chi connectivity index (χ3v) is 7.63. The van der Waals surface area contributed by atoms with E-state index in [-0.39, 0.29) is 24.0 Å². The second-order valence-electron chi connectivity index (χ2n) is 10.0. The molecule has 0 radical (unpaired) electrons. The summed E-state index contributed by atoms with van der Waals surface area (Å²) in [5, 5.41) is 7.81. The molecular weight excluding hydrogens is 584 g/mol. The Labute approximate surface area is 249 Å². The molecule has 1 fully saturated rings. The number of alkyl halides is 3. The van der Waals surface area contributed by atoms with Crippen molar-refractivity contribution < 1.29 is 27.1 Å². The van der Waals surface area contributed by atoms with Crippen LogP contribution in [0.3, 0.4) is 0 Å². The standard InChI is InChI=1S/C30H28F4N6O2S/c1-19(2)25-16-22(31)8-13-26(25)39-14-3-15-43-29(39)37-28(41)35-17-20-4-6-21(7-5-20)27-36-18-40(38-27)23-9-11-24(12-10-23)42-30(32,33)34/h4-13,16,18-19H,3,14-15,17H2,1-2H3,(H,35,41)/b37-29-. The van der Waals surface area contributed by atoms with Crippen LogP contribution in [0.25, 0.3) is 17.1 Å². The zero-order chi connectivity index (χ0) is 30.6. The number of thioether (sulfide) groups is 1. The second kappa shape index (κ2) is 12.9. The number of carbonyl (C=O) groups is 1.